The van der Waals surface area contributed by atoms with Crippen LogP contribution in [0.15, 0.2) is 5.11 Å². The largest absolute Gasteiger partial charge is 0.356 e. The fourth-order valence-electron chi connectivity index (χ4n) is 0. The first-order chi connectivity index (χ1) is 4.00. The number of hydrogen-bond acceptors (Lipinski definition) is 4. The number of rotatable bonds is 0. The molecule has 0 aromatic heterocycles. The SMILES string of the molecule is N=NC(N)=O.O=[N+]([O-])O. The zero-order valence-corrected chi connectivity index (χ0v) is 4.14. The minimum Gasteiger partial charge on any atom is -0.348 e. The predicted octanol–water partition coefficient (Wildman–Crippen LogP) is -0.252. The Kier molecular flexibility index (Phi) is 7.17. The zero-order valence-electron chi connectivity index (χ0n) is 4.14. The van der Waals surface area contributed by atoms with Crippen molar-refractivity contribution >= 4 is 6.03 Å². The zero-order chi connectivity index (χ0) is 7.86. The molecule has 0 aliphatic rings. The van der Waals surface area contributed by atoms with Crippen molar-refractivity contribution in [2.75, 3.05) is 0 Å². The molecule has 0 saturated carbocycles. The number of urea groups is 1. The molecule has 8 nitrogen and oxygen atoms in total. The summed E-state index contributed by atoms with van der Waals surface area (Å²) in [7, 11) is 0. The Labute approximate surface area is 48.9 Å². The van der Waals surface area contributed by atoms with E-state index in [1.165, 1.54) is 0 Å². The molecule has 52 valence electrons. The van der Waals surface area contributed by atoms with Crippen molar-refractivity contribution in [2.24, 2.45) is 10.8 Å². The number of carbonyl (C=O) groups is 1. The van der Waals surface area contributed by atoms with E-state index in [9.17, 15) is 4.79 Å². The van der Waals surface area contributed by atoms with Gasteiger partial charge in [0, 0.05) is 0 Å². The van der Waals surface area contributed by atoms with Crippen LogP contribution in [-0.4, -0.2) is 16.3 Å². The van der Waals surface area contributed by atoms with Gasteiger partial charge in [-0.3, -0.25) is 0 Å². The first kappa shape index (κ1) is 10.3. The summed E-state index contributed by atoms with van der Waals surface area (Å²) in [5.41, 5.74) is 10.1. The lowest BCUT2D eigenvalue weighted by molar-refractivity contribution is -0.742. The van der Waals surface area contributed by atoms with Gasteiger partial charge in [-0.05, 0) is 0 Å². The first-order valence-corrected chi connectivity index (χ1v) is 1.51. The Morgan fingerprint density at radius 3 is 2.00 bits per heavy atom. The van der Waals surface area contributed by atoms with E-state index >= 15 is 0 Å². The maximum atomic E-state index is 9.24. The number of primary amides is 1. The third-order valence-electron chi connectivity index (χ3n) is 0.110. The monoisotopic (exact) mass is 136 g/mol. The molecule has 2 amide bonds. The lowest BCUT2D eigenvalue weighted by Crippen LogP contribution is -2.00. The number of amides is 2. The van der Waals surface area contributed by atoms with Crippen LogP contribution < -0.4 is 5.73 Å². The van der Waals surface area contributed by atoms with Crippen molar-refractivity contribution in [3.63, 3.8) is 0 Å². The van der Waals surface area contributed by atoms with Gasteiger partial charge in [0.05, 0.1) is 0 Å². The second kappa shape index (κ2) is 6.27. The van der Waals surface area contributed by atoms with Crippen LogP contribution in [-0.2, 0) is 0 Å². The molecule has 0 aromatic carbocycles. The van der Waals surface area contributed by atoms with Gasteiger partial charge >= 0.3 is 6.03 Å². The van der Waals surface area contributed by atoms with Crippen LogP contribution in [0, 0.1) is 15.6 Å². The van der Waals surface area contributed by atoms with E-state index < -0.39 is 11.1 Å². The fourth-order valence-corrected chi connectivity index (χ4v) is 0. The number of nitrogens with zero attached hydrogens (tertiary/aromatic N) is 2. The summed E-state index contributed by atoms with van der Waals surface area (Å²) in [6.07, 6.45) is 0. The summed E-state index contributed by atoms with van der Waals surface area (Å²) in [5, 5.41) is 15.9. The van der Waals surface area contributed by atoms with E-state index in [-0.39, 0.29) is 0 Å². The molecule has 0 rings (SSSR count). The highest BCUT2D eigenvalue weighted by molar-refractivity contribution is 5.71. The Hall–Kier alpha value is -1.73. The molecule has 0 aliphatic carbocycles. The molecule has 8 heteroatoms. The average molecular weight is 136 g/mol. The standard InChI is InChI=1S/CH3N3O.HNO3/c2-1(5)4-3;2-1(3)4/h3H,(H2,2,5);(H,2,3,4). The van der Waals surface area contributed by atoms with E-state index in [0.717, 1.165) is 0 Å². The molecular weight excluding hydrogens is 132 g/mol. The maximum absolute atomic E-state index is 9.24. The molecule has 0 aliphatic heterocycles. The highest BCUT2D eigenvalue weighted by Gasteiger charge is 1.73. The van der Waals surface area contributed by atoms with E-state index in [2.05, 4.69) is 10.8 Å². The molecule has 0 aromatic rings. The van der Waals surface area contributed by atoms with E-state index in [1.54, 1.807) is 0 Å². The molecule has 0 saturated heterocycles. The summed E-state index contributed by atoms with van der Waals surface area (Å²) in [6, 6.07) is -0.954. The van der Waals surface area contributed by atoms with Crippen LogP contribution >= 0.6 is 0 Å². The lowest BCUT2D eigenvalue weighted by atomic mass is 11.2. The highest BCUT2D eigenvalue weighted by Crippen LogP contribution is 1.55. The maximum Gasteiger partial charge on any atom is 0.356 e. The molecule has 0 spiro atoms. The number of nitrogens with two attached hydrogens (primary N) is 1. The van der Waals surface area contributed by atoms with Crippen LogP contribution in [0.4, 0.5) is 4.79 Å². The van der Waals surface area contributed by atoms with Crippen molar-refractivity contribution < 1.29 is 15.1 Å². The second-order valence-electron chi connectivity index (χ2n) is 0.688. The Balaban J connectivity index is 0. The van der Waals surface area contributed by atoms with Crippen molar-refractivity contribution in [3.05, 3.63) is 10.1 Å². The highest BCUT2D eigenvalue weighted by atomic mass is 16.9. The van der Waals surface area contributed by atoms with Gasteiger partial charge in [0.15, 0.2) is 0 Å². The van der Waals surface area contributed by atoms with Crippen LogP contribution in [0.3, 0.4) is 0 Å². The third kappa shape index (κ3) is 1570. The molecule has 0 bridgehead atoms. The summed E-state index contributed by atoms with van der Waals surface area (Å²) in [4.78, 5) is 17.6. The van der Waals surface area contributed by atoms with E-state index in [1.807, 2.05) is 0 Å². The minimum absolute atomic E-state index is 0.954. The van der Waals surface area contributed by atoms with Gasteiger partial charge in [-0.15, -0.1) is 10.1 Å². The van der Waals surface area contributed by atoms with Crippen LogP contribution in [0.25, 0.3) is 0 Å². The molecule has 9 heavy (non-hydrogen) atoms. The van der Waals surface area contributed by atoms with Crippen LogP contribution in [0.1, 0.15) is 0 Å². The van der Waals surface area contributed by atoms with Crippen LogP contribution in [0.2, 0.25) is 0 Å². The topological polar surface area (TPSA) is 143 Å². The predicted molar refractivity (Wildman–Crippen MR) is 23.5 cm³/mol. The first-order valence-electron chi connectivity index (χ1n) is 1.51. The second-order valence-corrected chi connectivity index (χ2v) is 0.688. The Morgan fingerprint density at radius 2 is 2.00 bits per heavy atom. The van der Waals surface area contributed by atoms with Gasteiger partial charge in [-0.25, -0.2) is 4.79 Å². The Morgan fingerprint density at radius 1 is 1.89 bits per heavy atom. The fraction of sp³-hybridized carbons (Fsp3) is 0. The average Bonchev–Trinajstić information content (AvgIpc) is 1.65. The van der Waals surface area contributed by atoms with Crippen molar-refractivity contribution in [3.8, 4) is 0 Å². The third-order valence-corrected chi connectivity index (χ3v) is 0.110. The lowest BCUT2D eigenvalue weighted by Gasteiger charge is -1.63. The van der Waals surface area contributed by atoms with Crippen molar-refractivity contribution in [2.45, 2.75) is 0 Å². The van der Waals surface area contributed by atoms with Gasteiger partial charge in [0.25, 0.3) is 5.09 Å². The molecular formula is CH4N4O4. The quantitative estimate of drug-likeness (QED) is 0.239. The molecule has 0 radical (unpaired) electrons. The van der Waals surface area contributed by atoms with Gasteiger partial charge in [-0.2, -0.15) is 5.53 Å². The van der Waals surface area contributed by atoms with Gasteiger partial charge < -0.3 is 10.9 Å². The molecule has 4 N–H and O–H groups in total. The number of hydrogen-bond donors (Lipinski definition) is 3. The Bertz CT molecular complexity index is 116. The molecule has 0 unspecified atom stereocenters. The van der Waals surface area contributed by atoms with Gasteiger partial charge in [-0.1, -0.05) is 5.11 Å². The smallest absolute Gasteiger partial charge is 0.348 e. The van der Waals surface area contributed by atoms with Crippen molar-refractivity contribution in [1.82, 2.24) is 0 Å². The summed E-state index contributed by atoms with van der Waals surface area (Å²) in [6.45, 7) is 0. The molecule has 0 fully saturated rings. The summed E-state index contributed by atoms with van der Waals surface area (Å²) in [5.74, 6) is 0. The van der Waals surface area contributed by atoms with E-state index in [4.69, 9.17) is 20.9 Å². The van der Waals surface area contributed by atoms with E-state index in [0.29, 0.717) is 0 Å². The van der Waals surface area contributed by atoms with Crippen molar-refractivity contribution in [1.29, 1.82) is 5.53 Å². The number of carbonyl (C=O) groups excluding carboxylic acids is 1. The number of nitrogens with one attached hydrogen (secondary N) is 1. The summed E-state index contributed by atoms with van der Waals surface area (Å²) < 4.78 is 0. The molecule has 0 atom stereocenters. The summed E-state index contributed by atoms with van der Waals surface area (Å²) >= 11 is 0. The van der Waals surface area contributed by atoms with Gasteiger partial charge in [0.1, 0.15) is 0 Å². The molecule has 0 heterocycles. The normalized spacial score (nSPS) is 6.22. The minimum atomic E-state index is -1.50. The van der Waals surface area contributed by atoms with Crippen LogP contribution in [0.5, 0.6) is 0 Å². The van der Waals surface area contributed by atoms with Gasteiger partial charge in [0.2, 0.25) is 0 Å².